The second-order valence-corrected chi connectivity index (χ2v) is 7.19. The van der Waals surface area contributed by atoms with E-state index >= 15 is 0 Å². The van der Waals surface area contributed by atoms with Gasteiger partial charge in [-0.2, -0.15) is 0 Å². The average Bonchev–Trinajstić information content (AvgIpc) is 2.33. The van der Waals surface area contributed by atoms with E-state index in [1.807, 2.05) is 19.9 Å². The third kappa shape index (κ3) is 3.49. The van der Waals surface area contributed by atoms with Crippen LogP contribution in [0.1, 0.15) is 16.7 Å². The fraction of sp³-hybridized carbons (Fsp3) is 0.200. The van der Waals surface area contributed by atoms with Gasteiger partial charge >= 0.3 is 0 Å². The molecule has 2 aromatic rings. The Balaban J connectivity index is 2.43. The standard InChI is InChI=1S/C15H17ClN2O2S/c1-9-4-10(2)6-12(5-9)18-21(19,20)13-7-14(16)11(3)15(17)8-13/h4-8,18H,17H2,1-3H3. The van der Waals surface area contributed by atoms with Gasteiger partial charge in [-0.3, -0.25) is 4.72 Å². The van der Waals surface area contributed by atoms with Crippen molar-refractivity contribution in [2.45, 2.75) is 25.7 Å². The number of hydrogen-bond donors (Lipinski definition) is 2. The van der Waals surface area contributed by atoms with Crippen molar-refractivity contribution in [1.82, 2.24) is 0 Å². The molecule has 0 aliphatic carbocycles. The van der Waals surface area contributed by atoms with Crippen molar-refractivity contribution in [2.24, 2.45) is 0 Å². The van der Waals surface area contributed by atoms with E-state index < -0.39 is 10.0 Å². The lowest BCUT2D eigenvalue weighted by atomic mass is 10.1. The summed E-state index contributed by atoms with van der Waals surface area (Å²) in [5.41, 5.74) is 9.28. The van der Waals surface area contributed by atoms with Crippen LogP contribution in [0.3, 0.4) is 0 Å². The van der Waals surface area contributed by atoms with Gasteiger partial charge < -0.3 is 5.73 Å². The Morgan fingerprint density at radius 2 is 1.57 bits per heavy atom. The first kappa shape index (κ1) is 15.7. The van der Waals surface area contributed by atoms with Crippen LogP contribution in [0.4, 0.5) is 11.4 Å². The molecule has 0 saturated carbocycles. The predicted octanol–water partition coefficient (Wildman–Crippen LogP) is 3.65. The third-order valence-corrected chi connectivity index (χ3v) is 4.90. The highest BCUT2D eigenvalue weighted by atomic mass is 35.5. The van der Waals surface area contributed by atoms with Gasteiger partial charge in [0, 0.05) is 16.4 Å². The van der Waals surface area contributed by atoms with Crippen molar-refractivity contribution >= 4 is 33.0 Å². The zero-order valence-corrected chi connectivity index (χ0v) is 13.6. The second kappa shape index (κ2) is 5.58. The molecule has 0 unspecified atom stereocenters. The SMILES string of the molecule is Cc1cc(C)cc(NS(=O)(=O)c2cc(N)c(C)c(Cl)c2)c1. The summed E-state index contributed by atoms with van der Waals surface area (Å²) in [5.74, 6) is 0. The molecule has 0 atom stereocenters. The van der Waals surface area contributed by atoms with E-state index in [4.69, 9.17) is 17.3 Å². The number of nitrogens with one attached hydrogen (secondary N) is 1. The first-order valence-electron chi connectivity index (χ1n) is 6.36. The smallest absolute Gasteiger partial charge is 0.262 e. The highest BCUT2D eigenvalue weighted by Crippen LogP contribution is 2.27. The van der Waals surface area contributed by atoms with Crippen LogP contribution in [0, 0.1) is 20.8 Å². The van der Waals surface area contributed by atoms with Crippen molar-refractivity contribution < 1.29 is 8.42 Å². The zero-order chi connectivity index (χ0) is 15.8. The van der Waals surface area contributed by atoms with Crippen LogP contribution in [0.25, 0.3) is 0 Å². The molecular formula is C15H17ClN2O2S. The van der Waals surface area contributed by atoms with Crippen molar-refractivity contribution in [2.75, 3.05) is 10.5 Å². The van der Waals surface area contributed by atoms with Gasteiger partial charge in [0.2, 0.25) is 0 Å². The Morgan fingerprint density at radius 1 is 1.00 bits per heavy atom. The number of benzene rings is 2. The van der Waals surface area contributed by atoms with E-state index in [-0.39, 0.29) is 4.90 Å². The summed E-state index contributed by atoms with van der Waals surface area (Å²) < 4.78 is 27.4. The maximum atomic E-state index is 12.4. The second-order valence-electron chi connectivity index (χ2n) is 5.10. The minimum Gasteiger partial charge on any atom is -0.398 e. The van der Waals surface area contributed by atoms with Gasteiger partial charge in [0.1, 0.15) is 0 Å². The summed E-state index contributed by atoms with van der Waals surface area (Å²) in [6, 6.07) is 8.32. The lowest BCUT2D eigenvalue weighted by Gasteiger charge is -2.12. The number of nitrogen functional groups attached to an aromatic ring is 1. The van der Waals surface area contributed by atoms with Crippen molar-refractivity contribution in [3.8, 4) is 0 Å². The first-order chi connectivity index (χ1) is 9.69. The number of nitrogens with two attached hydrogens (primary N) is 1. The molecule has 0 spiro atoms. The van der Waals surface area contributed by atoms with Gasteiger partial charge in [-0.05, 0) is 61.7 Å². The van der Waals surface area contributed by atoms with Crippen molar-refractivity contribution in [3.63, 3.8) is 0 Å². The zero-order valence-electron chi connectivity index (χ0n) is 12.1. The van der Waals surface area contributed by atoms with E-state index in [0.29, 0.717) is 22.0 Å². The monoisotopic (exact) mass is 324 g/mol. The quantitative estimate of drug-likeness (QED) is 0.846. The fourth-order valence-corrected chi connectivity index (χ4v) is 3.47. The normalized spacial score (nSPS) is 11.4. The van der Waals surface area contributed by atoms with E-state index in [0.717, 1.165) is 11.1 Å². The minimum absolute atomic E-state index is 0.0507. The number of sulfonamides is 1. The number of hydrogen-bond acceptors (Lipinski definition) is 3. The Morgan fingerprint density at radius 3 is 2.10 bits per heavy atom. The van der Waals surface area contributed by atoms with Crippen LogP contribution in [0.2, 0.25) is 5.02 Å². The Kier molecular flexibility index (Phi) is 4.16. The van der Waals surface area contributed by atoms with Crippen molar-refractivity contribution in [3.05, 3.63) is 52.0 Å². The Labute approximate surface area is 130 Å². The van der Waals surface area contributed by atoms with Gasteiger partial charge in [0.25, 0.3) is 10.0 Å². The summed E-state index contributed by atoms with van der Waals surface area (Å²) >= 11 is 6.01. The number of halogens is 1. The molecule has 0 heterocycles. The molecule has 0 aliphatic rings. The highest BCUT2D eigenvalue weighted by Gasteiger charge is 2.17. The molecule has 0 fully saturated rings. The summed E-state index contributed by atoms with van der Waals surface area (Å²) in [6.07, 6.45) is 0. The molecule has 0 bridgehead atoms. The molecule has 0 radical (unpaired) electrons. The molecule has 6 heteroatoms. The highest BCUT2D eigenvalue weighted by molar-refractivity contribution is 7.92. The molecule has 112 valence electrons. The molecule has 4 nitrogen and oxygen atoms in total. The molecule has 0 amide bonds. The summed E-state index contributed by atoms with van der Waals surface area (Å²) in [7, 11) is -3.72. The van der Waals surface area contributed by atoms with Gasteiger partial charge in [0.05, 0.1) is 4.90 Å². The Bertz CT molecular complexity index is 758. The summed E-state index contributed by atoms with van der Waals surface area (Å²) in [6.45, 7) is 5.56. The molecule has 2 aromatic carbocycles. The van der Waals surface area contributed by atoms with Crippen LogP contribution in [0.5, 0.6) is 0 Å². The topological polar surface area (TPSA) is 72.2 Å². The van der Waals surface area contributed by atoms with Gasteiger partial charge in [-0.15, -0.1) is 0 Å². The van der Waals surface area contributed by atoms with Crippen LogP contribution in [-0.2, 0) is 10.0 Å². The first-order valence-corrected chi connectivity index (χ1v) is 8.22. The van der Waals surface area contributed by atoms with Crippen LogP contribution >= 0.6 is 11.6 Å². The fourth-order valence-electron chi connectivity index (χ4n) is 2.08. The molecule has 0 aromatic heterocycles. The van der Waals surface area contributed by atoms with Gasteiger partial charge in [-0.1, -0.05) is 17.7 Å². The molecule has 0 saturated heterocycles. The van der Waals surface area contributed by atoms with Crippen LogP contribution in [-0.4, -0.2) is 8.42 Å². The molecular weight excluding hydrogens is 308 g/mol. The maximum Gasteiger partial charge on any atom is 0.262 e. The lowest BCUT2D eigenvalue weighted by Crippen LogP contribution is -2.14. The van der Waals surface area contributed by atoms with Gasteiger partial charge in [-0.25, -0.2) is 8.42 Å². The van der Waals surface area contributed by atoms with Crippen LogP contribution in [0.15, 0.2) is 35.2 Å². The van der Waals surface area contributed by atoms with Crippen LogP contribution < -0.4 is 10.5 Å². The van der Waals surface area contributed by atoms with Crippen molar-refractivity contribution in [1.29, 1.82) is 0 Å². The Hall–Kier alpha value is -1.72. The average molecular weight is 325 g/mol. The molecule has 0 aliphatic heterocycles. The lowest BCUT2D eigenvalue weighted by molar-refractivity contribution is 0.601. The number of aryl methyl sites for hydroxylation is 2. The number of rotatable bonds is 3. The maximum absolute atomic E-state index is 12.4. The number of anilines is 2. The molecule has 21 heavy (non-hydrogen) atoms. The van der Waals surface area contributed by atoms with Gasteiger partial charge in [0.15, 0.2) is 0 Å². The largest absolute Gasteiger partial charge is 0.398 e. The summed E-state index contributed by atoms with van der Waals surface area (Å²) in [4.78, 5) is 0.0507. The summed E-state index contributed by atoms with van der Waals surface area (Å²) in [5, 5.41) is 0.329. The molecule has 2 rings (SSSR count). The van der Waals surface area contributed by atoms with E-state index in [1.54, 1.807) is 19.1 Å². The third-order valence-electron chi connectivity index (χ3n) is 3.14. The predicted molar refractivity (Wildman–Crippen MR) is 87.3 cm³/mol. The minimum atomic E-state index is -3.72. The van der Waals surface area contributed by atoms with E-state index in [1.165, 1.54) is 12.1 Å². The van der Waals surface area contributed by atoms with E-state index in [9.17, 15) is 8.42 Å². The van der Waals surface area contributed by atoms with E-state index in [2.05, 4.69) is 4.72 Å². The molecule has 3 N–H and O–H groups in total.